The summed E-state index contributed by atoms with van der Waals surface area (Å²) in [7, 11) is 1.75. The summed E-state index contributed by atoms with van der Waals surface area (Å²) in [6.07, 6.45) is 3.06. The van der Waals surface area contributed by atoms with Gasteiger partial charge < -0.3 is 20.7 Å². The molecule has 0 aromatic rings. The summed E-state index contributed by atoms with van der Waals surface area (Å²) in [4.78, 5) is 14.3. The van der Waals surface area contributed by atoms with Gasteiger partial charge in [-0.2, -0.15) is 0 Å². The molecule has 5 nitrogen and oxygen atoms in total. The monoisotopic (exact) mass is 271 g/mol. The van der Waals surface area contributed by atoms with Crippen LogP contribution in [0, 0.1) is 5.92 Å². The Morgan fingerprint density at radius 3 is 2.89 bits per heavy atom. The lowest BCUT2D eigenvalue weighted by Crippen LogP contribution is -2.45. The Kier molecular flexibility index (Phi) is 6.75. The maximum Gasteiger partial charge on any atom is 0.224 e. The zero-order valence-corrected chi connectivity index (χ0v) is 12.6. The molecule has 1 aliphatic heterocycles. The number of piperidine rings is 1. The van der Waals surface area contributed by atoms with E-state index in [2.05, 4.69) is 24.1 Å². The number of hydrogen-bond acceptors (Lipinski definition) is 4. The highest BCUT2D eigenvalue weighted by Crippen LogP contribution is 2.19. The molecule has 1 amide bonds. The molecule has 1 atom stereocenters. The molecule has 0 aromatic carbocycles. The van der Waals surface area contributed by atoms with Gasteiger partial charge in [0.05, 0.1) is 11.5 Å². The van der Waals surface area contributed by atoms with Gasteiger partial charge in [0.25, 0.3) is 0 Å². The van der Waals surface area contributed by atoms with Gasteiger partial charge in [-0.1, -0.05) is 0 Å². The third-order valence-electron chi connectivity index (χ3n) is 3.90. The molecule has 1 fully saturated rings. The van der Waals surface area contributed by atoms with Crippen LogP contribution >= 0.6 is 0 Å². The molecule has 1 saturated heterocycles. The Labute approximate surface area is 116 Å². The number of hydrogen-bond donors (Lipinski definition) is 2. The molecule has 19 heavy (non-hydrogen) atoms. The van der Waals surface area contributed by atoms with Crippen molar-refractivity contribution in [2.75, 3.05) is 39.8 Å². The van der Waals surface area contributed by atoms with E-state index in [9.17, 15) is 4.79 Å². The highest BCUT2D eigenvalue weighted by Gasteiger charge is 2.26. The van der Waals surface area contributed by atoms with Crippen LogP contribution in [-0.4, -0.2) is 56.2 Å². The average molecular weight is 271 g/mol. The largest absolute Gasteiger partial charge is 0.379 e. The van der Waals surface area contributed by atoms with Crippen molar-refractivity contribution in [2.45, 2.75) is 38.7 Å². The van der Waals surface area contributed by atoms with E-state index in [4.69, 9.17) is 10.5 Å². The molecular formula is C14H29N3O2. The fourth-order valence-electron chi connectivity index (χ4n) is 2.34. The van der Waals surface area contributed by atoms with E-state index in [-0.39, 0.29) is 17.4 Å². The molecule has 0 saturated carbocycles. The number of nitrogens with two attached hydrogens (primary N) is 1. The quantitative estimate of drug-likeness (QED) is 0.711. The minimum absolute atomic E-state index is 0.0885. The summed E-state index contributed by atoms with van der Waals surface area (Å²) in [6.45, 7) is 8.21. The van der Waals surface area contributed by atoms with Crippen LogP contribution in [0.3, 0.4) is 0 Å². The van der Waals surface area contributed by atoms with Gasteiger partial charge in [0.1, 0.15) is 0 Å². The number of rotatable bonds is 7. The summed E-state index contributed by atoms with van der Waals surface area (Å²) in [5.74, 6) is 0.270. The maximum atomic E-state index is 11.9. The van der Waals surface area contributed by atoms with Crippen LogP contribution in [0.4, 0.5) is 0 Å². The van der Waals surface area contributed by atoms with E-state index in [1.54, 1.807) is 7.11 Å². The summed E-state index contributed by atoms with van der Waals surface area (Å²) in [5.41, 5.74) is 5.32. The van der Waals surface area contributed by atoms with Crippen LogP contribution in [-0.2, 0) is 9.53 Å². The second-order valence-corrected chi connectivity index (χ2v) is 5.93. The first-order valence-corrected chi connectivity index (χ1v) is 7.24. The van der Waals surface area contributed by atoms with Crippen LogP contribution in [0.5, 0.6) is 0 Å². The summed E-state index contributed by atoms with van der Waals surface area (Å²) in [5, 5.41) is 2.89. The molecular weight excluding hydrogens is 242 g/mol. The molecule has 0 aromatic heterocycles. The van der Waals surface area contributed by atoms with Gasteiger partial charge in [-0.25, -0.2) is 0 Å². The van der Waals surface area contributed by atoms with Gasteiger partial charge in [0.2, 0.25) is 5.91 Å². The summed E-state index contributed by atoms with van der Waals surface area (Å²) >= 11 is 0. The molecule has 1 rings (SSSR count). The topological polar surface area (TPSA) is 67.6 Å². The van der Waals surface area contributed by atoms with Crippen LogP contribution in [0.1, 0.15) is 33.1 Å². The number of likely N-dealkylation sites (tertiary alicyclic amines) is 1. The van der Waals surface area contributed by atoms with E-state index >= 15 is 0 Å². The second kappa shape index (κ2) is 7.82. The zero-order valence-electron chi connectivity index (χ0n) is 12.6. The second-order valence-electron chi connectivity index (χ2n) is 5.93. The molecule has 5 heteroatoms. The minimum Gasteiger partial charge on any atom is -0.379 e. The Morgan fingerprint density at radius 1 is 1.53 bits per heavy atom. The number of carbonyl (C=O) groups excluding carboxylic acids is 1. The Bertz CT molecular complexity index is 282. The predicted octanol–water partition coefficient (Wildman–Crippen LogP) is 0.588. The minimum atomic E-state index is -0.0885. The number of carbonyl (C=O) groups is 1. The first-order valence-electron chi connectivity index (χ1n) is 7.24. The van der Waals surface area contributed by atoms with Crippen molar-refractivity contribution < 1.29 is 9.53 Å². The van der Waals surface area contributed by atoms with E-state index in [0.29, 0.717) is 13.1 Å². The van der Waals surface area contributed by atoms with E-state index in [0.717, 1.165) is 38.9 Å². The normalized spacial score (nSPS) is 21.4. The SMILES string of the molecule is COC(C)(C)CCN1CCCC(C(=O)NCCN)C1. The van der Waals surface area contributed by atoms with Crippen molar-refractivity contribution in [1.29, 1.82) is 0 Å². The van der Waals surface area contributed by atoms with Gasteiger partial charge in [0, 0.05) is 33.3 Å². The Hall–Kier alpha value is -0.650. The lowest BCUT2D eigenvalue weighted by Gasteiger charge is -2.34. The van der Waals surface area contributed by atoms with Crippen molar-refractivity contribution in [3.63, 3.8) is 0 Å². The molecule has 1 aliphatic rings. The number of amides is 1. The van der Waals surface area contributed by atoms with Crippen molar-refractivity contribution >= 4 is 5.91 Å². The van der Waals surface area contributed by atoms with E-state index in [1.165, 1.54) is 0 Å². The smallest absolute Gasteiger partial charge is 0.224 e. The number of methoxy groups -OCH3 is 1. The fourth-order valence-corrected chi connectivity index (χ4v) is 2.34. The fraction of sp³-hybridized carbons (Fsp3) is 0.929. The van der Waals surface area contributed by atoms with Gasteiger partial charge in [-0.05, 0) is 39.7 Å². The van der Waals surface area contributed by atoms with E-state index in [1.807, 2.05) is 0 Å². The third-order valence-corrected chi connectivity index (χ3v) is 3.90. The molecule has 0 aliphatic carbocycles. The summed E-state index contributed by atoms with van der Waals surface area (Å²) < 4.78 is 5.44. The van der Waals surface area contributed by atoms with Crippen LogP contribution in [0.25, 0.3) is 0 Å². The number of nitrogens with zero attached hydrogens (tertiary/aromatic N) is 1. The lowest BCUT2D eigenvalue weighted by atomic mass is 9.96. The Morgan fingerprint density at radius 2 is 2.26 bits per heavy atom. The van der Waals surface area contributed by atoms with Crippen LogP contribution in [0.15, 0.2) is 0 Å². The standard InChI is InChI=1S/C14H29N3O2/c1-14(2,19-3)6-10-17-9-4-5-12(11-17)13(18)16-8-7-15/h12H,4-11,15H2,1-3H3,(H,16,18). The van der Waals surface area contributed by atoms with Crippen molar-refractivity contribution in [3.05, 3.63) is 0 Å². The predicted molar refractivity (Wildman–Crippen MR) is 76.9 cm³/mol. The molecule has 0 bridgehead atoms. The average Bonchev–Trinajstić information content (AvgIpc) is 2.43. The van der Waals surface area contributed by atoms with E-state index < -0.39 is 0 Å². The van der Waals surface area contributed by atoms with Crippen LogP contribution < -0.4 is 11.1 Å². The van der Waals surface area contributed by atoms with Gasteiger partial charge in [-0.3, -0.25) is 4.79 Å². The van der Waals surface area contributed by atoms with Crippen molar-refractivity contribution in [1.82, 2.24) is 10.2 Å². The number of ether oxygens (including phenoxy) is 1. The third kappa shape index (κ3) is 5.89. The van der Waals surface area contributed by atoms with Gasteiger partial charge in [0.15, 0.2) is 0 Å². The Balaban J connectivity index is 2.35. The van der Waals surface area contributed by atoms with Gasteiger partial charge >= 0.3 is 0 Å². The highest BCUT2D eigenvalue weighted by atomic mass is 16.5. The molecule has 112 valence electrons. The van der Waals surface area contributed by atoms with Crippen molar-refractivity contribution in [2.24, 2.45) is 11.7 Å². The molecule has 1 heterocycles. The molecule has 3 N–H and O–H groups in total. The lowest BCUT2D eigenvalue weighted by molar-refractivity contribution is -0.126. The first-order chi connectivity index (χ1) is 8.98. The first kappa shape index (κ1) is 16.4. The molecule has 0 spiro atoms. The zero-order chi connectivity index (χ0) is 14.3. The summed E-state index contributed by atoms with van der Waals surface area (Å²) in [6, 6.07) is 0. The number of nitrogens with one attached hydrogen (secondary N) is 1. The highest BCUT2D eigenvalue weighted by molar-refractivity contribution is 5.78. The molecule has 1 unspecified atom stereocenters. The van der Waals surface area contributed by atoms with Crippen LogP contribution in [0.2, 0.25) is 0 Å². The van der Waals surface area contributed by atoms with Crippen molar-refractivity contribution in [3.8, 4) is 0 Å². The maximum absolute atomic E-state index is 11.9. The van der Waals surface area contributed by atoms with Gasteiger partial charge in [-0.15, -0.1) is 0 Å². The molecule has 0 radical (unpaired) electrons.